The Morgan fingerprint density at radius 3 is 2.79 bits per heavy atom. The molecule has 1 saturated heterocycles. The zero-order valence-electron chi connectivity index (χ0n) is 15.2. The Kier molecular flexibility index (Phi) is 5.12. The standard InChI is InChI=1S/C19H17FN4O4S/c20-15-7-1-2-9-17(15)29(26,27)24-10-4-8-16(24)18(25)22-14-6-3-5-13(11-14)19-23-21-12-28-19/h1-3,5-7,9,11-12,16H,4,8,10H2,(H,22,25)/t16-/m0/s1. The number of rotatable bonds is 5. The first-order valence-electron chi connectivity index (χ1n) is 8.90. The highest BCUT2D eigenvalue weighted by atomic mass is 32.2. The zero-order chi connectivity index (χ0) is 20.4. The van der Waals surface area contributed by atoms with Gasteiger partial charge < -0.3 is 9.73 Å². The molecule has 1 amide bonds. The van der Waals surface area contributed by atoms with Crippen LogP contribution in [0.2, 0.25) is 0 Å². The van der Waals surface area contributed by atoms with Crippen LogP contribution in [0.15, 0.2) is 64.2 Å². The highest BCUT2D eigenvalue weighted by molar-refractivity contribution is 7.89. The van der Waals surface area contributed by atoms with E-state index in [0.29, 0.717) is 30.0 Å². The second kappa shape index (κ2) is 7.72. The van der Waals surface area contributed by atoms with Crippen molar-refractivity contribution >= 4 is 21.6 Å². The Morgan fingerprint density at radius 2 is 2.03 bits per heavy atom. The maximum absolute atomic E-state index is 14.1. The van der Waals surface area contributed by atoms with Gasteiger partial charge in [-0.3, -0.25) is 4.79 Å². The lowest BCUT2D eigenvalue weighted by Crippen LogP contribution is -2.43. The zero-order valence-corrected chi connectivity index (χ0v) is 16.0. The van der Waals surface area contributed by atoms with Gasteiger partial charge in [0.1, 0.15) is 16.8 Å². The lowest BCUT2D eigenvalue weighted by Gasteiger charge is -2.23. The molecule has 1 fully saturated rings. The number of aromatic nitrogens is 2. The number of hydrogen-bond donors (Lipinski definition) is 1. The third-order valence-electron chi connectivity index (χ3n) is 4.67. The monoisotopic (exact) mass is 416 g/mol. The first-order chi connectivity index (χ1) is 14.0. The average molecular weight is 416 g/mol. The van der Waals surface area contributed by atoms with Gasteiger partial charge >= 0.3 is 0 Å². The normalized spacial score (nSPS) is 17.3. The molecule has 0 unspecified atom stereocenters. The van der Waals surface area contributed by atoms with Gasteiger partial charge in [-0.05, 0) is 43.2 Å². The number of carbonyl (C=O) groups is 1. The van der Waals surface area contributed by atoms with E-state index >= 15 is 0 Å². The van der Waals surface area contributed by atoms with E-state index in [0.717, 1.165) is 10.4 Å². The molecule has 10 heteroatoms. The minimum Gasteiger partial charge on any atom is -0.423 e. The smallest absolute Gasteiger partial charge is 0.247 e. The van der Waals surface area contributed by atoms with E-state index in [4.69, 9.17) is 4.42 Å². The third kappa shape index (κ3) is 3.76. The summed E-state index contributed by atoms with van der Waals surface area (Å²) >= 11 is 0. The van der Waals surface area contributed by atoms with Crippen LogP contribution in [0.3, 0.4) is 0 Å². The van der Waals surface area contributed by atoms with E-state index in [1.54, 1.807) is 24.3 Å². The Hall–Kier alpha value is -3.11. The van der Waals surface area contributed by atoms with E-state index in [1.165, 1.54) is 24.6 Å². The summed E-state index contributed by atoms with van der Waals surface area (Å²) in [6, 6.07) is 11.0. The number of sulfonamides is 1. The maximum Gasteiger partial charge on any atom is 0.247 e. The van der Waals surface area contributed by atoms with Crippen LogP contribution in [0, 0.1) is 5.82 Å². The molecule has 2 heterocycles. The topological polar surface area (TPSA) is 105 Å². The number of halogens is 1. The summed E-state index contributed by atoms with van der Waals surface area (Å²) in [5, 5.41) is 10.2. The molecule has 1 aromatic heterocycles. The van der Waals surface area contributed by atoms with Crippen molar-refractivity contribution in [2.45, 2.75) is 23.8 Å². The quantitative estimate of drug-likeness (QED) is 0.686. The highest BCUT2D eigenvalue weighted by Gasteiger charge is 2.40. The van der Waals surface area contributed by atoms with Gasteiger partial charge in [0.25, 0.3) is 0 Å². The number of nitrogens with one attached hydrogen (secondary N) is 1. The van der Waals surface area contributed by atoms with Crippen LogP contribution in [0.5, 0.6) is 0 Å². The van der Waals surface area contributed by atoms with E-state index in [1.807, 2.05) is 0 Å². The molecule has 0 aliphatic carbocycles. The van der Waals surface area contributed by atoms with Crippen molar-refractivity contribution in [2.24, 2.45) is 0 Å². The third-order valence-corrected chi connectivity index (χ3v) is 6.61. The van der Waals surface area contributed by atoms with Crippen molar-refractivity contribution in [2.75, 3.05) is 11.9 Å². The number of hydrogen-bond acceptors (Lipinski definition) is 6. The summed E-state index contributed by atoms with van der Waals surface area (Å²) in [5.74, 6) is -1.03. The lowest BCUT2D eigenvalue weighted by molar-refractivity contribution is -0.119. The summed E-state index contributed by atoms with van der Waals surface area (Å²) in [7, 11) is -4.14. The van der Waals surface area contributed by atoms with Crippen LogP contribution >= 0.6 is 0 Å². The number of amides is 1. The molecule has 1 aliphatic rings. The van der Waals surface area contributed by atoms with Gasteiger partial charge in [0.05, 0.1) is 0 Å². The molecular weight excluding hydrogens is 399 g/mol. The Balaban J connectivity index is 1.56. The molecule has 1 N–H and O–H groups in total. The van der Waals surface area contributed by atoms with Gasteiger partial charge in [0.15, 0.2) is 0 Å². The molecule has 0 saturated carbocycles. The van der Waals surface area contributed by atoms with Gasteiger partial charge in [-0.1, -0.05) is 18.2 Å². The van der Waals surface area contributed by atoms with Crippen molar-refractivity contribution in [1.29, 1.82) is 0 Å². The van der Waals surface area contributed by atoms with Gasteiger partial charge in [-0.25, -0.2) is 12.8 Å². The first-order valence-corrected chi connectivity index (χ1v) is 10.3. The van der Waals surface area contributed by atoms with Gasteiger partial charge in [-0.15, -0.1) is 10.2 Å². The summed E-state index contributed by atoms with van der Waals surface area (Å²) in [6.07, 6.45) is 2.06. The molecule has 3 aromatic rings. The Labute approximate surface area is 166 Å². The van der Waals surface area contributed by atoms with Crippen LogP contribution in [0.4, 0.5) is 10.1 Å². The molecule has 0 spiro atoms. The van der Waals surface area contributed by atoms with Crippen molar-refractivity contribution in [3.8, 4) is 11.5 Å². The SMILES string of the molecule is O=C(Nc1cccc(-c2nnco2)c1)[C@@H]1CCCN1S(=O)(=O)c1ccccc1F. The molecule has 29 heavy (non-hydrogen) atoms. The fourth-order valence-corrected chi connectivity index (χ4v) is 5.05. The molecule has 0 bridgehead atoms. The molecule has 1 aliphatic heterocycles. The first kappa shape index (κ1) is 19.2. The van der Waals surface area contributed by atoms with Crippen LogP contribution in [0.1, 0.15) is 12.8 Å². The lowest BCUT2D eigenvalue weighted by atomic mass is 10.1. The van der Waals surface area contributed by atoms with Crippen LogP contribution < -0.4 is 5.32 Å². The predicted molar refractivity (Wildman–Crippen MR) is 102 cm³/mol. The molecule has 4 rings (SSSR count). The van der Waals surface area contributed by atoms with Gasteiger partial charge in [0.2, 0.25) is 28.2 Å². The van der Waals surface area contributed by atoms with E-state index in [-0.39, 0.29) is 6.54 Å². The van der Waals surface area contributed by atoms with Crippen molar-refractivity contribution in [3.63, 3.8) is 0 Å². The summed E-state index contributed by atoms with van der Waals surface area (Å²) in [6.45, 7) is 0.150. The highest BCUT2D eigenvalue weighted by Crippen LogP contribution is 2.29. The van der Waals surface area contributed by atoms with E-state index in [9.17, 15) is 17.6 Å². The number of benzene rings is 2. The van der Waals surface area contributed by atoms with Crippen molar-refractivity contribution < 1.29 is 22.0 Å². The minimum absolute atomic E-state index is 0.150. The molecule has 8 nitrogen and oxygen atoms in total. The summed E-state index contributed by atoms with van der Waals surface area (Å²) in [4.78, 5) is 12.4. The second-order valence-electron chi connectivity index (χ2n) is 6.52. The number of anilines is 1. The van der Waals surface area contributed by atoms with Crippen molar-refractivity contribution in [3.05, 3.63) is 60.7 Å². The Bertz CT molecular complexity index is 1130. The number of nitrogens with zero attached hydrogens (tertiary/aromatic N) is 3. The fraction of sp³-hybridized carbons (Fsp3) is 0.211. The van der Waals surface area contributed by atoms with Crippen molar-refractivity contribution in [1.82, 2.24) is 14.5 Å². The molecule has 1 atom stereocenters. The number of carbonyl (C=O) groups excluding carboxylic acids is 1. The van der Waals surface area contributed by atoms with Crippen LogP contribution in [0.25, 0.3) is 11.5 Å². The molecular formula is C19H17FN4O4S. The average Bonchev–Trinajstić information content (AvgIpc) is 3.41. The fourth-order valence-electron chi connectivity index (χ4n) is 3.32. The largest absolute Gasteiger partial charge is 0.423 e. The molecule has 150 valence electrons. The molecule has 0 radical (unpaired) electrons. The summed E-state index contributed by atoms with van der Waals surface area (Å²) < 4.78 is 46.1. The predicted octanol–water partition coefficient (Wildman–Crippen LogP) is 2.67. The van der Waals surface area contributed by atoms with E-state index in [2.05, 4.69) is 15.5 Å². The molecule has 2 aromatic carbocycles. The Morgan fingerprint density at radius 1 is 1.21 bits per heavy atom. The minimum atomic E-state index is -4.14. The second-order valence-corrected chi connectivity index (χ2v) is 8.38. The van der Waals surface area contributed by atoms with Crippen LogP contribution in [-0.4, -0.2) is 41.4 Å². The summed E-state index contributed by atoms with van der Waals surface area (Å²) in [5.41, 5.74) is 1.07. The maximum atomic E-state index is 14.1. The van der Waals surface area contributed by atoms with Crippen LogP contribution in [-0.2, 0) is 14.8 Å². The van der Waals surface area contributed by atoms with Gasteiger partial charge in [-0.2, -0.15) is 4.31 Å². The van der Waals surface area contributed by atoms with Gasteiger partial charge in [0, 0.05) is 17.8 Å². The van der Waals surface area contributed by atoms with E-state index < -0.39 is 32.7 Å².